The molecule has 144 valence electrons. The number of urea groups is 1. The third kappa shape index (κ3) is 4.87. The van der Waals surface area contributed by atoms with Crippen molar-refractivity contribution < 1.29 is 14.3 Å². The zero-order chi connectivity index (χ0) is 19.2. The first-order valence-electron chi connectivity index (χ1n) is 9.06. The quantitative estimate of drug-likeness (QED) is 0.783. The Morgan fingerprint density at radius 2 is 2.26 bits per heavy atom. The van der Waals surface area contributed by atoms with Gasteiger partial charge in [0.15, 0.2) is 0 Å². The molecule has 0 saturated carbocycles. The SMILES string of the molecule is COCCN(Cc1ccsc1)C(=O)Nc1cccc(N2C(=O)CC[C@@H]2C)c1. The Morgan fingerprint density at radius 3 is 2.93 bits per heavy atom. The summed E-state index contributed by atoms with van der Waals surface area (Å²) in [6, 6.07) is 9.48. The van der Waals surface area contributed by atoms with Crippen LogP contribution in [0.2, 0.25) is 0 Å². The van der Waals surface area contributed by atoms with Crippen LogP contribution in [0.25, 0.3) is 0 Å². The monoisotopic (exact) mass is 387 g/mol. The number of thiophene rings is 1. The molecule has 1 aromatic carbocycles. The first-order valence-corrected chi connectivity index (χ1v) is 10.0. The molecule has 1 atom stereocenters. The van der Waals surface area contributed by atoms with Crippen molar-refractivity contribution in [2.45, 2.75) is 32.4 Å². The number of nitrogens with zero attached hydrogens (tertiary/aromatic N) is 2. The highest BCUT2D eigenvalue weighted by atomic mass is 32.1. The molecule has 3 rings (SSSR count). The number of hydrogen-bond acceptors (Lipinski definition) is 4. The molecule has 27 heavy (non-hydrogen) atoms. The van der Waals surface area contributed by atoms with Crippen LogP contribution in [-0.4, -0.2) is 43.1 Å². The van der Waals surface area contributed by atoms with Gasteiger partial charge in [-0.25, -0.2) is 4.79 Å². The topological polar surface area (TPSA) is 61.9 Å². The third-order valence-electron chi connectivity index (χ3n) is 4.67. The number of methoxy groups -OCH3 is 1. The van der Waals surface area contributed by atoms with E-state index in [4.69, 9.17) is 4.74 Å². The lowest BCUT2D eigenvalue weighted by Crippen LogP contribution is -2.36. The van der Waals surface area contributed by atoms with E-state index in [1.54, 1.807) is 23.3 Å². The van der Waals surface area contributed by atoms with Crippen LogP contribution < -0.4 is 10.2 Å². The standard InChI is InChI=1S/C20H25N3O3S/c1-15-6-7-19(24)23(15)18-5-3-4-17(12-18)21-20(25)22(9-10-26-2)13-16-8-11-27-14-16/h3-5,8,11-12,14-15H,6-7,9-10,13H2,1-2H3,(H,21,25)/t15-/m0/s1. The van der Waals surface area contributed by atoms with Gasteiger partial charge in [0.1, 0.15) is 0 Å². The van der Waals surface area contributed by atoms with E-state index in [2.05, 4.69) is 5.32 Å². The number of ether oxygens (including phenoxy) is 1. The van der Waals surface area contributed by atoms with E-state index in [1.807, 2.05) is 52.9 Å². The maximum absolute atomic E-state index is 12.8. The number of carbonyl (C=O) groups is 2. The Morgan fingerprint density at radius 1 is 1.41 bits per heavy atom. The highest BCUT2D eigenvalue weighted by Crippen LogP contribution is 2.28. The summed E-state index contributed by atoms with van der Waals surface area (Å²) >= 11 is 1.61. The van der Waals surface area contributed by atoms with Crippen molar-refractivity contribution >= 4 is 34.6 Å². The lowest BCUT2D eigenvalue weighted by molar-refractivity contribution is -0.117. The van der Waals surface area contributed by atoms with Crippen LogP contribution in [0, 0.1) is 0 Å². The van der Waals surface area contributed by atoms with Crippen molar-refractivity contribution in [3.63, 3.8) is 0 Å². The number of anilines is 2. The highest BCUT2D eigenvalue weighted by Gasteiger charge is 2.28. The van der Waals surface area contributed by atoms with Crippen molar-refractivity contribution in [1.82, 2.24) is 4.90 Å². The van der Waals surface area contributed by atoms with Crippen LogP contribution in [0.5, 0.6) is 0 Å². The van der Waals surface area contributed by atoms with Crippen molar-refractivity contribution in [3.05, 3.63) is 46.7 Å². The molecular formula is C20H25N3O3S. The Balaban J connectivity index is 1.71. The Kier molecular flexibility index (Phi) is 6.47. The smallest absolute Gasteiger partial charge is 0.322 e. The average molecular weight is 388 g/mol. The number of hydrogen-bond donors (Lipinski definition) is 1. The highest BCUT2D eigenvalue weighted by molar-refractivity contribution is 7.07. The van der Waals surface area contributed by atoms with Crippen molar-refractivity contribution in [2.24, 2.45) is 0 Å². The number of nitrogens with one attached hydrogen (secondary N) is 1. The van der Waals surface area contributed by atoms with Gasteiger partial charge in [0.25, 0.3) is 0 Å². The third-order valence-corrected chi connectivity index (χ3v) is 5.40. The fourth-order valence-corrected chi connectivity index (χ4v) is 3.88. The largest absolute Gasteiger partial charge is 0.383 e. The lowest BCUT2D eigenvalue weighted by Gasteiger charge is -2.24. The number of benzene rings is 1. The van der Waals surface area contributed by atoms with Crippen LogP contribution in [-0.2, 0) is 16.1 Å². The lowest BCUT2D eigenvalue weighted by atomic mass is 10.2. The maximum atomic E-state index is 12.8. The maximum Gasteiger partial charge on any atom is 0.322 e. The molecule has 1 fully saturated rings. The summed E-state index contributed by atoms with van der Waals surface area (Å²) in [6.07, 6.45) is 1.43. The fraction of sp³-hybridized carbons (Fsp3) is 0.400. The molecule has 0 aliphatic carbocycles. The molecule has 1 saturated heterocycles. The van der Waals surface area contributed by atoms with E-state index in [-0.39, 0.29) is 18.0 Å². The van der Waals surface area contributed by atoms with Crippen molar-refractivity contribution in [2.75, 3.05) is 30.5 Å². The zero-order valence-corrected chi connectivity index (χ0v) is 16.5. The average Bonchev–Trinajstić information content (AvgIpc) is 3.28. The minimum absolute atomic E-state index is 0.130. The molecule has 0 radical (unpaired) electrons. The molecule has 1 aliphatic rings. The predicted octanol–water partition coefficient (Wildman–Crippen LogP) is 3.94. The second kappa shape index (κ2) is 9.01. The summed E-state index contributed by atoms with van der Waals surface area (Å²) in [4.78, 5) is 28.5. The Hall–Kier alpha value is -2.38. The fourth-order valence-electron chi connectivity index (χ4n) is 3.22. The van der Waals surface area contributed by atoms with Crippen molar-refractivity contribution in [1.29, 1.82) is 0 Å². The number of carbonyl (C=O) groups excluding carboxylic acids is 2. The zero-order valence-electron chi connectivity index (χ0n) is 15.7. The molecule has 1 N–H and O–H groups in total. The van der Waals surface area contributed by atoms with Crippen LogP contribution >= 0.6 is 11.3 Å². The normalized spacial score (nSPS) is 16.6. The summed E-state index contributed by atoms with van der Waals surface area (Å²) in [5.74, 6) is 0.130. The van der Waals surface area contributed by atoms with Gasteiger partial charge in [0.05, 0.1) is 6.61 Å². The van der Waals surface area contributed by atoms with Gasteiger partial charge in [-0.2, -0.15) is 11.3 Å². The van der Waals surface area contributed by atoms with Gasteiger partial charge < -0.3 is 19.9 Å². The van der Waals surface area contributed by atoms with E-state index < -0.39 is 0 Å². The van der Waals surface area contributed by atoms with Crippen LogP contribution in [0.4, 0.5) is 16.2 Å². The van der Waals surface area contributed by atoms with E-state index in [1.165, 1.54) is 0 Å². The van der Waals surface area contributed by atoms with Gasteiger partial charge in [0, 0.05) is 44.0 Å². The second-order valence-electron chi connectivity index (χ2n) is 6.68. The molecule has 0 unspecified atom stereocenters. The Labute approximate surface area is 163 Å². The molecule has 7 heteroatoms. The molecule has 1 aromatic heterocycles. The van der Waals surface area contributed by atoms with Gasteiger partial charge in [0.2, 0.25) is 5.91 Å². The molecule has 2 heterocycles. The van der Waals surface area contributed by atoms with Gasteiger partial charge in [-0.3, -0.25) is 4.79 Å². The molecule has 1 aliphatic heterocycles. The molecule has 0 bridgehead atoms. The summed E-state index contributed by atoms with van der Waals surface area (Å²) in [6.45, 7) is 3.54. The van der Waals surface area contributed by atoms with Crippen LogP contribution in [0.1, 0.15) is 25.3 Å². The summed E-state index contributed by atoms with van der Waals surface area (Å²) in [5.41, 5.74) is 2.60. The van der Waals surface area contributed by atoms with E-state index in [9.17, 15) is 9.59 Å². The predicted molar refractivity (Wildman–Crippen MR) is 108 cm³/mol. The first-order chi connectivity index (χ1) is 13.1. The number of amides is 3. The minimum atomic E-state index is -0.184. The molecule has 3 amide bonds. The second-order valence-corrected chi connectivity index (χ2v) is 7.46. The Bertz CT molecular complexity index is 779. The molecule has 6 nitrogen and oxygen atoms in total. The minimum Gasteiger partial charge on any atom is -0.383 e. The van der Waals surface area contributed by atoms with E-state index >= 15 is 0 Å². The first kappa shape index (κ1) is 19.4. The summed E-state index contributed by atoms with van der Waals surface area (Å²) in [5, 5.41) is 6.99. The molecule has 2 aromatic rings. The molecular weight excluding hydrogens is 362 g/mol. The van der Waals surface area contributed by atoms with Gasteiger partial charge in [-0.05, 0) is 53.9 Å². The van der Waals surface area contributed by atoms with Gasteiger partial charge in [-0.15, -0.1) is 0 Å². The van der Waals surface area contributed by atoms with Crippen molar-refractivity contribution in [3.8, 4) is 0 Å². The van der Waals surface area contributed by atoms with Crippen LogP contribution in [0.15, 0.2) is 41.1 Å². The molecule has 0 spiro atoms. The van der Waals surface area contributed by atoms with E-state index in [0.717, 1.165) is 17.7 Å². The number of rotatable bonds is 7. The van der Waals surface area contributed by atoms with Crippen LogP contribution in [0.3, 0.4) is 0 Å². The van der Waals surface area contributed by atoms with Gasteiger partial charge in [-0.1, -0.05) is 6.07 Å². The van der Waals surface area contributed by atoms with Gasteiger partial charge >= 0.3 is 6.03 Å². The summed E-state index contributed by atoms with van der Waals surface area (Å²) < 4.78 is 5.14. The van der Waals surface area contributed by atoms with E-state index in [0.29, 0.717) is 31.8 Å². The summed E-state index contributed by atoms with van der Waals surface area (Å²) in [7, 11) is 1.62.